The van der Waals surface area contributed by atoms with Gasteiger partial charge in [0.1, 0.15) is 0 Å². The maximum atomic E-state index is 13.0. The number of aromatic nitrogens is 4. The van der Waals surface area contributed by atoms with Gasteiger partial charge in [-0.15, -0.1) is 0 Å². The van der Waals surface area contributed by atoms with Crippen LogP contribution >= 0.6 is 0 Å². The van der Waals surface area contributed by atoms with E-state index in [0.29, 0.717) is 23.1 Å². The molecular weight excluding hydrogens is 328 g/mol. The molecule has 0 amide bonds. The van der Waals surface area contributed by atoms with Crippen LogP contribution in [0.1, 0.15) is 16.8 Å². The molecule has 0 spiro atoms. The molecule has 4 aromatic rings. The Morgan fingerprint density at radius 3 is 2.50 bits per heavy atom. The number of rotatable bonds is 3. The lowest BCUT2D eigenvalue weighted by Gasteiger charge is -2.09. The molecule has 0 aliphatic rings. The summed E-state index contributed by atoms with van der Waals surface area (Å²) in [7, 11) is 0. The Morgan fingerprint density at radius 2 is 1.77 bits per heavy atom. The van der Waals surface area contributed by atoms with Crippen LogP contribution < -0.4 is 11.1 Å². The zero-order chi connectivity index (χ0) is 18.3. The summed E-state index contributed by atoms with van der Waals surface area (Å²) in [6, 6.07) is 12.8. The van der Waals surface area contributed by atoms with Crippen LogP contribution in [-0.2, 0) is 6.54 Å². The molecule has 0 saturated carbocycles. The topological polar surface area (TPSA) is 72.7 Å². The summed E-state index contributed by atoms with van der Waals surface area (Å²) in [5.41, 5.74) is 3.61. The first-order chi connectivity index (χ1) is 12.6. The van der Waals surface area contributed by atoms with Gasteiger partial charge in [-0.3, -0.25) is 19.7 Å². The summed E-state index contributed by atoms with van der Waals surface area (Å²) in [5, 5.41) is 3.60. The van der Waals surface area contributed by atoms with Gasteiger partial charge in [-0.1, -0.05) is 18.2 Å². The lowest BCUT2D eigenvalue weighted by atomic mass is 10.2. The highest BCUT2D eigenvalue weighted by atomic mass is 16.1. The first-order valence-electron chi connectivity index (χ1n) is 8.36. The number of para-hydroxylation sites is 1. The molecule has 6 nitrogen and oxygen atoms in total. The minimum absolute atomic E-state index is 0.148. The Labute approximate surface area is 149 Å². The fourth-order valence-corrected chi connectivity index (χ4v) is 3.26. The van der Waals surface area contributed by atoms with Crippen molar-refractivity contribution in [1.82, 2.24) is 19.3 Å². The van der Waals surface area contributed by atoms with E-state index in [1.807, 2.05) is 50.2 Å². The summed E-state index contributed by atoms with van der Waals surface area (Å²) < 4.78 is 3.12. The van der Waals surface area contributed by atoms with Crippen molar-refractivity contribution in [3.05, 3.63) is 92.4 Å². The van der Waals surface area contributed by atoms with Crippen LogP contribution in [-0.4, -0.2) is 19.3 Å². The van der Waals surface area contributed by atoms with Gasteiger partial charge in [-0.05, 0) is 43.2 Å². The fourth-order valence-electron chi connectivity index (χ4n) is 3.26. The van der Waals surface area contributed by atoms with Gasteiger partial charge in [0.25, 0.3) is 11.1 Å². The molecule has 0 unspecified atom stereocenters. The van der Waals surface area contributed by atoms with Crippen LogP contribution in [0.5, 0.6) is 0 Å². The average molecular weight is 346 g/mol. The quantitative estimate of drug-likeness (QED) is 0.620. The third-order valence-corrected chi connectivity index (χ3v) is 4.67. The van der Waals surface area contributed by atoms with Gasteiger partial charge >= 0.3 is 0 Å². The number of fused-ring (bicyclic) bond motifs is 1. The summed E-state index contributed by atoms with van der Waals surface area (Å²) in [6.07, 6.45) is 3.38. The van der Waals surface area contributed by atoms with E-state index in [1.54, 1.807) is 17.0 Å². The lowest BCUT2D eigenvalue weighted by Crippen LogP contribution is -2.23. The highest BCUT2D eigenvalue weighted by Gasteiger charge is 2.16. The van der Waals surface area contributed by atoms with Crippen molar-refractivity contribution < 1.29 is 0 Å². The second-order valence-corrected chi connectivity index (χ2v) is 6.34. The molecule has 1 N–H and O–H groups in total. The van der Waals surface area contributed by atoms with Crippen molar-refractivity contribution in [3.63, 3.8) is 0 Å². The number of hydrogen-bond acceptors (Lipinski definition) is 3. The number of benzene rings is 1. The Hall–Kier alpha value is -3.41. The van der Waals surface area contributed by atoms with Crippen molar-refractivity contribution in [2.45, 2.75) is 20.4 Å². The van der Waals surface area contributed by atoms with E-state index in [1.165, 1.54) is 10.7 Å². The van der Waals surface area contributed by atoms with Crippen molar-refractivity contribution in [3.8, 4) is 5.69 Å². The first-order valence-corrected chi connectivity index (χ1v) is 8.36. The van der Waals surface area contributed by atoms with Crippen molar-refractivity contribution in [1.29, 1.82) is 0 Å². The highest BCUT2D eigenvalue weighted by molar-refractivity contribution is 5.80. The number of pyridine rings is 2. The van der Waals surface area contributed by atoms with Crippen LogP contribution in [0.25, 0.3) is 16.6 Å². The minimum atomic E-state index is -0.157. The average Bonchev–Trinajstić information content (AvgIpc) is 2.96. The zero-order valence-electron chi connectivity index (χ0n) is 14.6. The number of nitrogens with zero attached hydrogens (tertiary/aromatic N) is 3. The number of H-pyrrole nitrogens is 1. The second kappa shape index (κ2) is 6.15. The van der Waals surface area contributed by atoms with Crippen LogP contribution in [0.2, 0.25) is 0 Å². The summed E-state index contributed by atoms with van der Waals surface area (Å²) in [6.45, 7) is 4.16. The third kappa shape index (κ3) is 2.56. The molecule has 26 heavy (non-hydrogen) atoms. The van der Waals surface area contributed by atoms with Crippen molar-refractivity contribution >= 4 is 10.9 Å². The smallest absolute Gasteiger partial charge is 0.280 e. The van der Waals surface area contributed by atoms with Gasteiger partial charge in [0.2, 0.25) is 0 Å². The molecule has 4 rings (SSSR count). The Kier molecular flexibility index (Phi) is 3.80. The molecule has 0 radical (unpaired) electrons. The van der Waals surface area contributed by atoms with Crippen LogP contribution in [0.3, 0.4) is 0 Å². The largest absolute Gasteiger partial charge is 0.308 e. The number of aromatic amines is 1. The summed E-state index contributed by atoms with van der Waals surface area (Å²) >= 11 is 0. The SMILES string of the molecule is Cc1ccccc1-n1[nH]c2cc(=O)n(Cc3ccncc3)c(C)c2c1=O. The zero-order valence-corrected chi connectivity index (χ0v) is 14.6. The van der Waals surface area contributed by atoms with Gasteiger partial charge in [0, 0.05) is 24.2 Å². The predicted octanol–water partition coefficient (Wildman–Crippen LogP) is 2.54. The van der Waals surface area contributed by atoms with E-state index >= 15 is 0 Å². The van der Waals surface area contributed by atoms with Gasteiger partial charge in [-0.2, -0.15) is 0 Å². The van der Waals surface area contributed by atoms with E-state index in [-0.39, 0.29) is 11.1 Å². The van der Waals surface area contributed by atoms with Crippen molar-refractivity contribution in [2.75, 3.05) is 0 Å². The molecule has 0 bridgehead atoms. The van der Waals surface area contributed by atoms with E-state index in [0.717, 1.165) is 16.8 Å². The first kappa shape index (κ1) is 16.1. The fraction of sp³-hybridized carbons (Fsp3) is 0.150. The molecule has 0 saturated heterocycles. The molecule has 0 aliphatic carbocycles. The molecule has 0 fully saturated rings. The van der Waals surface area contributed by atoms with E-state index in [9.17, 15) is 9.59 Å². The molecule has 1 aromatic carbocycles. The van der Waals surface area contributed by atoms with Gasteiger partial charge in [0.05, 0.1) is 23.1 Å². The van der Waals surface area contributed by atoms with Crippen LogP contribution in [0, 0.1) is 13.8 Å². The normalized spacial score (nSPS) is 11.2. The maximum absolute atomic E-state index is 13.0. The molecule has 0 aliphatic heterocycles. The van der Waals surface area contributed by atoms with E-state index in [4.69, 9.17) is 0 Å². The standard InChI is InChI=1S/C20H18N4O2/c1-13-5-3-4-6-17(13)24-20(26)19-14(2)23(18(25)11-16(19)22-24)12-15-7-9-21-10-8-15/h3-11,22H,12H2,1-2H3. The Balaban J connectivity index is 1.93. The third-order valence-electron chi connectivity index (χ3n) is 4.67. The molecule has 0 atom stereocenters. The predicted molar refractivity (Wildman–Crippen MR) is 101 cm³/mol. The molecule has 130 valence electrons. The minimum Gasteiger partial charge on any atom is -0.308 e. The lowest BCUT2D eigenvalue weighted by molar-refractivity contribution is 0.737. The van der Waals surface area contributed by atoms with E-state index in [2.05, 4.69) is 10.1 Å². The summed E-state index contributed by atoms with van der Waals surface area (Å²) in [5.74, 6) is 0. The number of nitrogens with one attached hydrogen (secondary N) is 1. The Morgan fingerprint density at radius 1 is 1.04 bits per heavy atom. The number of aryl methyl sites for hydroxylation is 2. The van der Waals surface area contributed by atoms with Crippen LogP contribution in [0.15, 0.2) is 64.4 Å². The van der Waals surface area contributed by atoms with Gasteiger partial charge < -0.3 is 4.57 Å². The summed E-state index contributed by atoms with van der Waals surface area (Å²) in [4.78, 5) is 29.6. The molecule has 6 heteroatoms. The second-order valence-electron chi connectivity index (χ2n) is 6.34. The van der Waals surface area contributed by atoms with Gasteiger partial charge in [-0.25, -0.2) is 4.68 Å². The monoisotopic (exact) mass is 346 g/mol. The Bertz CT molecular complexity index is 1220. The van der Waals surface area contributed by atoms with E-state index < -0.39 is 0 Å². The molecule has 3 aromatic heterocycles. The van der Waals surface area contributed by atoms with Gasteiger partial charge in [0.15, 0.2) is 0 Å². The number of hydrogen-bond donors (Lipinski definition) is 1. The molecular formula is C20H18N4O2. The van der Waals surface area contributed by atoms with Crippen molar-refractivity contribution in [2.24, 2.45) is 0 Å². The molecule has 3 heterocycles. The highest BCUT2D eigenvalue weighted by Crippen LogP contribution is 2.16. The maximum Gasteiger partial charge on any atom is 0.280 e. The van der Waals surface area contributed by atoms with Crippen LogP contribution in [0.4, 0.5) is 0 Å².